The van der Waals surface area contributed by atoms with Gasteiger partial charge in [0.1, 0.15) is 5.75 Å². The van der Waals surface area contributed by atoms with Gasteiger partial charge in [-0.05, 0) is 50.1 Å². The van der Waals surface area contributed by atoms with Crippen LogP contribution in [0, 0.1) is 0 Å². The van der Waals surface area contributed by atoms with Crippen LogP contribution in [0.25, 0.3) is 5.70 Å². The van der Waals surface area contributed by atoms with Crippen LogP contribution in [0.5, 0.6) is 5.75 Å². The zero-order chi connectivity index (χ0) is 21.0. The minimum Gasteiger partial charge on any atom is -0.497 e. The quantitative estimate of drug-likeness (QED) is 0.518. The lowest BCUT2D eigenvalue weighted by atomic mass is 9.85. The van der Waals surface area contributed by atoms with Gasteiger partial charge in [-0.25, -0.2) is 0 Å². The number of aliphatic hydroxyl groups is 1. The molecule has 3 N–H and O–H groups in total. The predicted octanol–water partition coefficient (Wildman–Crippen LogP) is 2.57. The number of amides is 1. The highest BCUT2D eigenvalue weighted by Crippen LogP contribution is 2.32. The first-order chi connectivity index (χ1) is 13.8. The number of carbonyl (C=O) groups is 2. The fraction of sp³-hybridized carbons (Fsp3) is 0.304. The summed E-state index contributed by atoms with van der Waals surface area (Å²) in [6, 6.07) is 12.4. The van der Waals surface area contributed by atoms with E-state index in [1.807, 2.05) is 18.2 Å². The Bertz CT molecular complexity index is 946. The van der Waals surface area contributed by atoms with E-state index in [9.17, 15) is 9.59 Å². The average molecular weight is 394 g/mol. The van der Waals surface area contributed by atoms with E-state index in [2.05, 4.69) is 24.5 Å². The molecule has 0 saturated heterocycles. The molecule has 0 radical (unpaired) electrons. The number of rotatable bonds is 6. The lowest BCUT2D eigenvalue weighted by Gasteiger charge is -2.35. The van der Waals surface area contributed by atoms with Gasteiger partial charge in [0.2, 0.25) is 0 Å². The van der Waals surface area contributed by atoms with Crippen LogP contribution in [0.15, 0.2) is 48.5 Å². The fourth-order valence-electron chi connectivity index (χ4n) is 3.43. The maximum Gasteiger partial charge on any atom is 0.251 e. The number of benzene rings is 2. The topological polar surface area (TPSA) is 87.7 Å². The van der Waals surface area contributed by atoms with Crippen LogP contribution in [0.3, 0.4) is 0 Å². The molecule has 0 aromatic heterocycles. The van der Waals surface area contributed by atoms with Gasteiger partial charge < -0.3 is 20.5 Å². The molecule has 0 spiro atoms. The predicted molar refractivity (Wildman–Crippen MR) is 112 cm³/mol. The summed E-state index contributed by atoms with van der Waals surface area (Å²) in [7, 11) is 1.62. The Kier molecular flexibility index (Phi) is 6.03. The molecule has 6 heteroatoms. The maximum absolute atomic E-state index is 12.9. The van der Waals surface area contributed by atoms with E-state index in [0.717, 1.165) is 29.0 Å². The number of hydrogen-bond acceptors (Lipinski definition) is 5. The maximum atomic E-state index is 12.9. The lowest BCUT2D eigenvalue weighted by Crippen LogP contribution is -2.43. The number of ether oxygens (including phenoxy) is 1. The van der Waals surface area contributed by atoms with Gasteiger partial charge in [0.25, 0.3) is 5.91 Å². The molecule has 0 bridgehead atoms. The third-order valence-electron chi connectivity index (χ3n) is 4.82. The summed E-state index contributed by atoms with van der Waals surface area (Å²) < 4.78 is 5.34. The van der Waals surface area contributed by atoms with Crippen LogP contribution in [0.4, 0.5) is 0 Å². The highest BCUT2D eigenvalue weighted by atomic mass is 16.5. The molecule has 1 heterocycles. The largest absolute Gasteiger partial charge is 0.497 e. The highest BCUT2D eigenvalue weighted by molar-refractivity contribution is 6.09. The minimum absolute atomic E-state index is 0.120. The lowest BCUT2D eigenvalue weighted by molar-refractivity contribution is 0.0943. The Balaban J connectivity index is 1.87. The van der Waals surface area contributed by atoms with Gasteiger partial charge in [-0.1, -0.05) is 18.2 Å². The number of nitrogens with one attached hydrogen (secondary N) is 2. The van der Waals surface area contributed by atoms with Crippen molar-refractivity contribution >= 4 is 17.4 Å². The zero-order valence-electron chi connectivity index (χ0n) is 16.9. The number of aliphatic hydroxyl groups excluding tert-OH is 1. The summed E-state index contributed by atoms with van der Waals surface area (Å²) in [4.78, 5) is 24.8. The van der Waals surface area contributed by atoms with Gasteiger partial charge in [-0.15, -0.1) is 0 Å². The number of hydrogen-bond donors (Lipinski definition) is 3. The Morgan fingerprint density at radius 2 is 1.86 bits per heavy atom. The smallest absolute Gasteiger partial charge is 0.251 e. The first kappa shape index (κ1) is 20.6. The molecular weight excluding hydrogens is 368 g/mol. The van der Waals surface area contributed by atoms with E-state index in [0.29, 0.717) is 11.1 Å². The molecule has 1 amide bonds. The van der Waals surface area contributed by atoms with Crippen molar-refractivity contribution in [1.82, 2.24) is 10.6 Å². The van der Waals surface area contributed by atoms with Crippen molar-refractivity contribution in [3.8, 4) is 5.75 Å². The summed E-state index contributed by atoms with van der Waals surface area (Å²) in [6.45, 7) is 4.26. The van der Waals surface area contributed by atoms with Gasteiger partial charge in [0.15, 0.2) is 5.78 Å². The van der Waals surface area contributed by atoms with Crippen LogP contribution in [-0.4, -0.2) is 42.6 Å². The van der Waals surface area contributed by atoms with Gasteiger partial charge >= 0.3 is 0 Å². The third-order valence-corrected chi connectivity index (χ3v) is 4.82. The molecule has 29 heavy (non-hydrogen) atoms. The second-order valence-corrected chi connectivity index (χ2v) is 7.69. The first-order valence-corrected chi connectivity index (χ1v) is 9.53. The minimum atomic E-state index is -0.284. The SMILES string of the molecule is COc1ccc2c(c1)C(=CC(=O)c1ccc(C(=O)NCCO)cc1)NC(C)(C)C2. The molecule has 1 aliphatic rings. The molecule has 0 saturated carbocycles. The molecule has 0 unspecified atom stereocenters. The second-order valence-electron chi connectivity index (χ2n) is 7.69. The van der Waals surface area contributed by atoms with Crippen molar-refractivity contribution in [3.05, 3.63) is 70.8 Å². The molecule has 0 aliphatic carbocycles. The van der Waals surface area contributed by atoms with Crippen LogP contribution >= 0.6 is 0 Å². The molecular formula is C23H26N2O4. The van der Waals surface area contributed by atoms with E-state index < -0.39 is 0 Å². The summed E-state index contributed by atoms with van der Waals surface area (Å²) >= 11 is 0. The number of carbonyl (C=O) groups excluding carboxylic acids is 2. The molecule has 3 rings (SSSR count). The van der Waals surface area contributed by atoms with E-state index in [4.69, 9.17) is 9.84 Å². The fourth-order valence-corrected chi connectivity index (χ4v) is 3.43. The van der Waals surface area contributed by atoms with Gasteiger partial charge in [-0.2, -0.15) is 0 Å². The average Bonchev–Trinajstić information content (AvgIpc) is 2.71. The van der Waals surface area contributed by atoms with Crippen molar-refractivity contribution in [2.75, 3.05) is 20.3 Å². The zero-order valence-corrected chi connectivity index (χ0v) is 16.9. The number of methoxy groups -OCH3 is 1. The van der Waals surface area contributed by atoms with Gasteiger partial charge in [-0.3, -0.25) is 9.59 Å². The Labute approximate surface area is 170 Å². The normalized spacial score (nSPS) is 15.9. The van der Waals surface area contributed by atoms with Crippen molar-refractivity contribution in [2.45, 2.75) is 25.8 Å². The standard InChI is InChI=1S/C23H26N2O4/c1-23(2)14-17-8-9-18(29-3)12-19(17)20(25-23)13-21(27)15-4-6-16(7-5-15)22(28)24-10-11-26/h4-9,12-13,25-26H,10-11,14H2,1-3H3,(H,24,28). The summed E-state index contributed by atoms with van der Waals surface area (Å²) in [5.74, 6) is 0.302. The first-order valence-electron chi connectivity index (χ1n) is 9.53. The molecule has 2 aromatic carbocycles. The van der Waals surface area contributed by atoms with Crippen LogP contribution in [-0.2, 0) is 6.42 Å². The number of ketones is 1. The van der Waals surface area contributed by atoms with Crippen molar-refractivity contribution in [2.24, 2.45) is 0 Å². The van der Waals surface area contributed by atoms with Crippen LogP contribution in [0.2, 0.25) is 0 Å². The van der Waals surface area contributed by atoms with Crippen molar-refractivity contribution < 1.29 is 19.4 Å². The number of allylic oxidation sites excluding steroid dienone is 1. The van der Waals surface area contributed by atoms with Crippen LogP contribution in [0.1, 0.15) is 45.7 Å². The molecule has 0 atom stereocenters. The molecule has 0 fully saturated rings. The van der Waals surface area contributed by atoms with Gasteiger partial charge in [0, 0.05) is 40.5 Å². The van der Waals surface area contributed by atoms with Crippen molar-refractivity contribution in [3.63, 3.8) is 0 Å². The Morgan fingerprint density at radius 1 is 1.17 bits per heavy atom. The molecule has 2 aromatic rings. The van der Waals surface area contributed by atoms with E-state index in [1.165, 1.54) is 0 Å². The molecule has 152 valence electrons. The monoisotopic (exact) mass is 394 g/mol. The summed E-state index contributed by atoms with van der Waals surface area (Å²) in [5, 5.41) is 14.8. The molecule has 1 aliphatic heterocycles. The van der Waals surface area contributed by atoms with E-state index in [-0.39, 0.29) is 30.4 Å². The Morgan fingerprint density at radius 3 is 2.52 bits per heavy atom. The van der Waals surface area contributed by atoms with E-state index in [1.54, 1.807) is 37.5 Å². The third kappa shape index (κ3) is 4.84. The highest BCUT2D eigenvalue weighted by Gasteiger charge is 2.28. The summed E-state index contributed by atoms with van der Waals surface area (Å²) in [6.07, 6.45) is 2.44. The van der Waals surface area contributed by atoms with Crippen LogP contribution < -0.4 is 15.4 Å². The van der Waals surface area contributed by atoms with Gasteiger partial charge in [0.05, 0.1) is 13.7 Å². The Hall–Kier alpha value is -3.12. The van der Waals surface area contributed by atoms with Crippen molar-refractivity contribution in [1.29, 1.82) is 0 Å². The second kappa shape index (κ2) is 8.49. The van der Waals surface area contributed by atoms with E-state index >= 15 is 0 Å². The molecule has 6 nitrogen and oxygen atoms in total. The summed E-state index contributed by atoms with van der Waals surface area (Å²) in [5.41, 5.74) is 3.62. The number of fused-ring (bicyclic) bond motifs is 1.